The third kappa shape index (κ3) is 3.23. The fraction of sp³-hybridized carbons (Fsp3) is 0.174. The Labute approximate surface area is 169 Å². The molecule has 3 aromatic rings. The van der Waals surface area contributed by atoms with E-state index in [1.807, 2.05) is 38.1 Å². The number of fused-ring (bicyclic) bond motifs is 1. The summed E-state index contributed by atoms with van der Waals surface area (Å²) in [4.78, 5) is 28.0. The number of anilines is 2. The Kier molecular flexibility index (Phi) is 4.76. The van der Waals surface area contributed by atoms with Gasteiger partial charge in [-0.2, -0.15) is 14.3 Å². The average molecular weight is 388 g/mol. The van der Waals surface area contributed by atoms with E-state index < -0.39 is 6.04 Å². The number of pyridine rings is 1. The van der Waals surface area contributed by atoms with E-state index in [-0.39, 0.29) is 11.9 Å². The molecule has 29 heavy (non-hydrogen) atoms. The second-order valence-electron chi connectivity index (χ2n) is 7.00. The minimum Gasteiger partial charge on any atom is -0.497 e. The van der Waals surface area contributed by atoms with Gasteiger partial charge in [0.15, 0.2) is 5.69 Å². The fourth-order valence-electron chi connectivity index (χ4n) is 3.67. The van der Waals surface area contributed by atoms with Crippen LogP contribution in [-0.4, -0.2) is 19.0 Å². The molecular weight excluding hydrogens is 366 g/mol. The van der Waals surface area contributed by atoms with Crippen LogP contribution >= 0.6 is 0 Å². The van der Waals surface area contributed by atoms with Gasteiger partial charge < -0.3 is 10.1 Å². The van der Waals surface area contributed by atoms with Crippen LogP contribution in [0, 0.1) is 13.8 Å². The lowest BCUT2D eigenvalue weighted by atomic mass is 10.1. The van der Waals surface area contributed by atoms with E-state index in [0.29, 0.717) is 17.1 Å². The molecule has 4 rings (SSSR count). The maximum Gasteiger partial charge on any atom is 0.504 e. The van der Waals surface area contributed by atoms with Crippen LogP contribution < -0.4 is 19.5 Å². The second-order valence-corrected chi connectivity index (χ2v) is 7.00. The van der Waals surface area contributed by atoms with Gasteiger partial charge in [-0.1, -0.05) is 24.3 Å². The molecule has 0 saturated heterocycles. The van der Waals surface area contributed by atoms with Gasteiger partial charge in [0.2, 0.25) is 6.04 Å². The standard InChI is InChI=1S/C23H21N3O3/c1-15-7-6-8-16(2)20(15)24-22(27)21-19-9-4-5-14-25(19)23(28)26(21)17-10-12-18(29-3)13-11-17/h4-14,21H,1-3H3/p+1/t21-/m0/s1. The zero-order valence-electron chi connectivity index (χ0n) is 16.5. The van der Waals surface area contributed by atoms with Gasteiger partial charge in [-0.15, -0.1) is 0 Å². The third-order valence-electron chi connectivity index (χ3n) is 5.17. The SMILES string of the molecule is COc1ccc(N2C(=O)[n+]3ccccc3[C@H]2C(=O)Nc2c(C)cccc2C)cc1. The van der Waals surface area contributed by atoms with Crippen molar-refractivity contribution in [2.75, 3.05) is 17.3 Å². The molecule has 1 aliphatic rings. The lowest BCUT2D eigenvalue weighted by Gasteiger charge is -2.18. The quantitative estimate of drug-likeness (QED) is 0.692. The number of para-hydroxylation sites is 1. The van der Waals surface area contributed by atoms with Crippen molar-refractivity contribution in [2.24, 2.45) is 0 Å². The maximum absolute atomic E-state index is 13.4. The van der Waals surface area contributed by atoms with Crippen molar-refractivity contribution in [2.45, 2.75) is 19.9 Å². The molecular formula is C23H22N3O3+. The Morgan fingerprint density at radius 3 is 2.34 bits per heavy atom. The normalized spacial score (nSPS) is 15.2. The van der Waals surface area contributed by atoms with Crippen molar-refractivity contribution < 1.29 is 18.9 Å². The topological polar surface area (TPSA) is 62.5 Å². The number of hydrogen-bond donors (Lipinski definition) is 1. The number of rotatable bonds is 4. The van der Waals surface area contributed by atoms with Gasteiger partial charge in [0.1, 0.15) is 11.4 Å². The molecule has 0 radical (unpaired) electrons. The van der Waals surface area contributed by atoms with Crippen LogP contribution in [0.15, 0.2) is 66.9 Å². The Balaban J connectivity index is 1.76. The van der Waals surface area contributed by atoms with Gasteiger partial charge in [-0.3, -0.25) is 4.79 Å². The second kappa shape index (κ2) is 7.39. The van der Waals surface area contributed by atoms with E-state index in [0.717, 1.165) is 16.8 Å². The smallest absolute Gasteiger partial charge is 0.497 e. The van der Waals surface area contributed by atoms with Crippen LogP contribution in [0.2, 0.25) is 0 Å². The number of amides is 2. The predicted molar refractivity (Wildman–Crippen MR) is 110 cm³/mol. The molecule has 1 aromatic heterocycles. The summed E-state index contributed by atoms with van der Waals surface area (Å²) in [5.74, 6) is 0.422. The molecule has 0 unspecified atom stereocenters. The van der Waals surface area contributed by atoms with Crippen LogP contribution in [0.1, 0.15) is 22.9 Å². The Morgan fingerprint density at radius 1 is 1.00 bits per heavy atom. The van der Waals surface area contributed by atoms with Crippen molar-refractivity contribution in [3.8, 4) is 5.75 Å². The summed E-state index contributed by atoms with van der Waals surface area (Å²) in [6.07, 6.45) is 1.68. The highest BCUT2D eigenvalue weighted by atomic mass is 16.5. The third-order valence-corrected chi connectivity index (χ3v) is 5.17. The summed E-state index contributed by atoms with van der Waals surface area (Å²) in [7, 11) is 1.59. The summed E-state index contributed by atoms with van der Waals surface area (Å²) in [6.45, 7) is 3.90. The molecule has 1 atom stereocenters. The van der Waals surface area contributed by atoms with E-state index in [2.05, 4.69) is 5.32 Å². The van der Waals surface area contributed by atoms with Crippen LogP contribution in [0.25, 0.3) is 0 Å². The Morgan fingerprint density at radius 2 is 1.69 bits per heavy atom. The number of aromatic nitrogens is 1. The Hall–Kier alpha value is -3.67. The highest BCUT2D eigenvalue weighted by Gasteiger charge is 2.50. The van der Waals surface area contributed by atoms with Crippen LogP contribution in [0.3, 0.4) is 0 Å². The number of nitrogens with one attached hydrogen (secondary N) is 1. The molecule has 2 amide bonds. The van der Waals surface area contributed by atoms with Crippen molar-refractivity contribution in [1.29, 1.82) is 0 Å². The molecule has 1 aliphatic heterocycles. The number of nitrogens with zero attached hydrogens (tertiary/aromatic N) is 2. The van der Waals surface area contributed by atoms with Crippen LogP contribution in [0.5, 0.6) is 5.75 Å². The zero-order chi connectivity index (χ0) is 20.5. The molecule has 0 aliphatic carbocycles. The van der Waals surface area contributed by atoms with Crippen LogP contribution in [0.4, 0.5) is 16.2 Å². The predicted octanol–water partition coefficient (Wildman–Crippen LogP) is 3.77. The molecule has 1 N–H and O–H groups in total. The first-order chi connectivity index (χ1) is 14.0. The first-order valence-electron chi connectivity index (χ1n) is 9.36. The first-order valence-corrected chi connectivity index (χ1v) is 9.36. The highest BCUT2D eigenvalue weighted by Crippen LogP contribution is 2.33. The summed E-state index contributed by atoms with van der Waals surface area (Å²) < 4.78 is 6.73. The first kappa shape index (κ1) is 18.7. The van der Waals surface area contributed by atoms with Crippen molar-refractivity contribution in [1.82, 2.24) is 0 Å². The van der Waals surface area contributed by atoms with Gasteiger partial charge in [0, 0.05) is 5.69 Å². The number of hydrogen-bond acceptors (Lipinski definition) is 3. The number of ether oxygens (including phenoxy) is 1. The number of aryl methyl sites for hydroxylation is 2. The monoisotopic (exact) mass is 388 g/mol. The summed E-state index contributed by atoms with van der Waals surface area (Å²) in [5, 5.41) is 3.03. The van der Waals surface area contributed by atoms with Crippen molar-refractivity contribution >= 4 is 23.3 Å². The van der Waals surface area contributed by atoms with E-state index >= 15 is 0 Å². The van der Waals surface area contributed by atoms with Crippen molar-refractivity contribution in [3.63, 3.8) is 0 Å². The summed E-state index contributed by atoms with van der Waals surface area (Å²) in [6, 6.07) is 17.3. The summed E-state index contributed by atoms with van der Waals surface area (Å²) in [5.41, 5.74) is 3.96. The maximum atomic E-state index is 13.4. The summed E-state index contributed by atoms with van der Waals surface area (Å²) >= 11 is 0. The average Bonchev–Trinajstić information content (AvgIpc) is 3.03. The number of carbonyl (C=O) groups is 2. The molecule has 0 bridgehead atoms. The fourth-order valence-corrected chi connectivity index (χ4v) is 3.67. The highest BCUT2D eigenvalue weighted by molar-refractivity contribution is 6.05. The largest absolute Gasteiger partial charge is 0.504 e. The lowest BCUT2D eigenvalue weighted by Crippen LogP contribution is -2.45. The molecule has 146 valence electrons. The van der Waals surface area contributed by atoms with Gasteiger partial charge >= 0.3 is 6.03 Å². The number of benzene rings is 2. The lowest BCUT2D eigenvalue weighted by molar-refractivity contribution is -0.569. The molecule has 0 spiro atoms. The molecule has 0 saturated carbocycles. The minimum atomic E-state index is -0.781. The zero-order valence-corrected chi connectivity index (χ0v) is 16.5. The number of carbonyl (C=O) groups excluding carboxylic acids is 2. The minimum absolute atomic E-state index is 0.260. The molecule has 6 nitrogen and oxygen atoms in total. The molecule has 2 heterocycles. The van der Waals surface area contributed by atoms with E-state index in [4.69, 9.17) is 4.74 Å². The van der Waals surface area contributed by atoms with E-state index in [1.165, 1.54) is 9.47 Å². The van der Waals surface area contributed by atoms with E-state index in [9.17, 15) is 9.59 Å². The number of methoxy groups -OCH3 is 1. The van der Waals surface area contributed by atoms with Crippen molar-refractivity contribution in [3.05, 3.63) is 83.7 Å². The van der Waals surface area contributed by atoms with Gasteiger partial charge in [-0.25, -0.2) is 0 Å². The molecule has 2 aromatic carbocycles. The molecule has 6 heteroatoms. The van der Waals surface area contributed by atoms with Crippen LogP contribution in [-0.2, 0) is 4.79 Å². The molecule has 0 fully saturated rings. The van der Waals surface area contributed by atoms with Gasteiger partial charge in [-0.05, 0) is 61.4 Å². The van der Waals surface area contributed by atoms with Gasteiger partial charge in [0.25, 0.3) is 5.91 Å². The Bertz CT molecular complexity index is 1070. The van der Waals surface area contributed by atoms with Gasteiger partial charge in [0.05, 0.1) is 13.3 Å². The van der Waals surface area contributed by atoms with E-state index in [1.54, 1.807) is 49.7 Å².